The topological polar surface area (TPSA) is 38.7 Å². The molecular weight excluding hydrogens is 222 g/mol. The number of aliphatic imine (C=N–C) groups is 1. The van der Waals surface area contributed by atoms with Crippen LogP contribution in [0.4, 0.5) is 5.69 Å². The monoisotopic (exact) mass is 227 g/mol. The molecule has 0 aliphatic rings. The van der Waals surface area contributed by atoms with Crippen molar-refractivity contribution >= 4 is 27.7 Å². The molecule has 0 radical (unpaired) electrons. The number of hydrogen-bond acceptors (Lipinski definition) is 3. The number of nitrogens with zero attached hydrogens (tertiary/aromatic N) is 1. The fourth-order valence-electron chi connectivity index (χ4n) is 0.837. The molecule has 0 bridgehead atoms. The lowest BCUT2D eigenvalue weighted by atomic mass is 10.3. The Morgan fingerprint density at radius 2 is 2.33 bits per heavy atom. The summed E-state index contributed by atoms with van der Waals surface area (Å²) in [5.41, 5.74) is 0.474. The third-order valence-corrected chi connectivity index (χ3v) is 1.94. The Bertz CT molecular complexity index is 332. The van der Waals surface area contributed by atoms with Gasteiger partial charge in [-0.05, 0) is 28.1 Å². The van der Waals surface area contributed by atoms with Crippen molar-refractivity contribution in [3.8, 4) is 5.75 Å². The van der Waals surface area contributed by atoms with Crippen molar-refractivity contribution < 1.29 is 9.53 Å². The fraction of sp³-hybridized carbons (Fsp3) is 0.125. The van der Waals surface area contributed by atoms with Gasteiger partial charge in [0.1, 0.15) is 5.69 Å². The maximum atomic E-state index is 9.99. The fourth-order valence-corrected chi connectivity index (χ4v) is 1.35. The van der Waals surface area contributed by atoms with E-state index in [1.165, 1.54) is 13.2 Å². The number of methoxy groups -OCH3 is 1. The summed E-state index contributed by atoms with van der Waals surface area (Å²) in [6.45, 7) is 0. The molecule has 0 aliphatic carbocycles. The van der Waals surface area contributed by atoms with E-state index in [4.69, 9.17) is 4.74 Å². The largest absolute Gasteiger partial charge is 0.493 e. The molecule has 0 atom stereocenters. The van der Waals surface area contributed by atoms with E-state index in [1.54, 1.807) is 12.1 Å². The number of ether oxygens (including phenoxy) is 1. The highest BCUT2D eigenvalue weighted by Crippen LogP contribution is 2.34. The van der Waals surface area contributed by atoms with E-state index in [2.05, 4.69) is 20.9 Å². The molecule has 3 nitrogen and oxygen atoms in total. The Hall–Kier alpha value is -1.12. The molecule has 0 amide bonds. The predicted octanol–water partition coefficient (Wildman–Crippen LogP) is 2.43. The highest BCUT2D eigenvalue weighted by molar-refractivity contribution is 9.10. The van der Waals surface area contributed by atoms with Crippen LogP contribution in [0.2, 0.25) is 0 Å². The van der Waals surface area contributed by atoms with Crippen LogP contribution in [0.5, 0.6) is 5.75 Å². The smallest absolute Gasteiger partial charge is 0.240 e. The van der Waals surface area contributed by atoms with Crippen LogP contribution in [-0.2, 0) is 4.79 Å². The van der Waals surface area contributed by atoms with Crippen molar-refractivity contribution in [2.75, 3.05) is 7.11 Å². The van der Waals surface area contributed by atoms with Gasteiger partial charge < -0.3 is 4.74 Å². The van der Waals surface area contributed by atoms with E-state index >= 15 is 0 Å². The zero-order valence-electron chi connectivity index (χ0n) is 6.37. The number of halogens is 1. The molecule has 0 aromatic heterocycles. The summed E-state index contributed by atoms with van der Waals surface area (Å²) in [5.74, 6) is 0.542. The molecule has 12 heavy (non-hydrogen) atoms. The number of hydrogen-bond donors (Lipinski definition) is 0. The second-order valence-corrected chi connectivity index (χ2v) is 2.85. The molecule has 1 aromatic rings. The lowest BCUT2D eigenvalue weighted by Crippen LogP contribution is -1.84. The van der Waals surface area contributed by atoms with Crippen LogP contribution in [0.3, 0.4) is 0 Å². The maximum absolute atomic E-state index is 9.99. The summed E-state index contributed by atoms with van der Waals surface area (Å²) < 4.78 is 5.77. The van der Waals surface area contributed by atoms with Crippen LogP contribution in [0.15, 0.2) is 27.7 Å². The van der Waals surface area contributed by atoms with Gasteiger partial charge in [0.2, 0.25) is 6.08 Å². The summed E-state index contributed by atoms with van der Waals surface area (Å²) in [6.07, 6.45) is 1.46. The summed E-state index contributed by atoms with van der Waals surface area (Å²) >= 11 is 3.26. The quantitative estimate of drug-likeness (QED) is 0.575. The Labute approximate surface area is 78.2 Å². The molecule has 1 aromatic carbocycles. The Balaban J connectivity index is 3.26. The first-order valence-corrected chi connectivity index (χ1v) is 3.99. The van der Waals surface area contributed by atoms with E-state index < -0.39 is 0 Å². The van der Waals surface area contributed by atoms with Crippen LogP contribution in [-0.4, -0.2) is 13.2 Å². The minimum Gasteiger partial charge on any atom is -0.493 e. The second kappa shape index (κ2) is 4.04. The average molecular weight is 228 g/mol. The van der Waals surface area contributed by atoms with Crippen molar-refractivity contribution in [1.29, 1.82) is 0 Å². The number of carbonyl (C=O) groups excluding carboxylic acids is 1. The van der Waals surface area contributed by atoms with Crippen LogP contribution in [0.25, 0.3) is 0 Å². The molecular formula is C8H6BrNO2. The molecule has 0 heterocycles. The standard InChI is InChI=1S/C8H6BrNO2/c1-12-8-6(9)3-2-4-7(8)10-5-11/h2-4H,1H3. The molecule has 0 fully saturated rings. The predicted molar refractivity (Wildman–Crippen MR) is 48.5 cm³/mol. The third kappa shape index (κ3) is 1.72. The second-order valence-electron chi connectivity index (χ2n) is 2.00. The zero-order chi connectivity index (χ0) is 8.97. The summed E-state index contributed by atoms with van der Waals surface area (Å²) in [6, 6.07) is 5.25. The van der Waals surface area contributed by atoms with Gasteiger partial charge in [-0.2, -0.15) is 4.99 Å². The molecule has 1 rings (SSSR count). The highest BCUT2D eigenvalue weighted by Gasteiger charge is 2.04. The molecule has 0 N–H and O–H groups in total. The molecule has 0 unspecified atom stereocenters. The number of benzene rings is 1. The number of isocyanates is 1. The Kier molecular flexibility index (Phi) is 3.02. The summed E-state index contributed by atoms with van der Waals surface area (Å²) in [4.78, 5) is 13.5. The van der Waals surface area contributed by atoms with E-state index in [9.17, 15) is 4.79 Å². The van der Waals surface area contributed by atoms with Gasteiger partial charge in [-0.3, -0.25) is 0 Å². The van der Waals surface area contributed by atoms with Crippen LogP contribution in [0.1, 0.15) is 0 Å². The van der Waals surface area contributed by atoms with Crippen LogP contribution in [0, 0.1) is 0 Å². The average Bonchev–Trinajstić information content (AvgIpc) is 2.05. The summed E-state index contributed by atoms with van der Waals surface area (Å²) in [5, 5.41) is 0. The molecule has 0 spiro atoms. The molecule has 0 aliphatic heterocycles. The van der Waals surface area contributed by atoms with Gasteiger partial charge in [-0.15, -0.1) is 0 Å². The lowest BCUT2D eigenvalue weighted by molar-refractivity contribution is 0.413. The van der Waals surface area contributed by atoms with Gasteiger partial charge >= 0.3 is 0 Å². The number of rotatable bonds is 2. The van der Waals surface area contributed by atoms with Gasteiger partial charge in [0, 0.05) is 0 Å². The van der Waals surface area contributed by atoms with Gasteiger partial charge in [0.15, 0.2) is 5.75 Å². The first-order chi connectivity index (χ1) is 5.79. The van der Waals surface area contributed by atoms with E-state index in [0.29, 0.717) is 11.4 Å². The molecule has 0 saturated carbocycles. The van der Waals surface area contributed by atoms with Gasteiger partial charge in [0.05, 0.1) is 11.6 Å². The van der Waals surface area contributed by atoms with Gasteiger partial charge in [0.25, 0.3) is 0 Å². The lowest BCUT2D eigenvalue weighted by Gasteiger charge is -2.03. The van der Waals surface area contributed by atoms with Crippen molar-refractivity contribution in [2.24, 2.45) is 4.99 Å². The summed E-state index contributed by atoms with van der Waals surface area (Å²) in [7, 11) is 1.52. The molecule has 4 heteroatoms. The number of para-hydroxylation sites is 1. The first-order valence-electron chi connectivity index (χ1n) is 3.20. The van der Waals surface area contributed by atoms with E-state index in [1.807, 2.05) is 6.07 Å². The zero-order valence-corrected chi connectivity index (χ0v) is 7.96. The minimum atomic E-state index is 0.474. The van der Waals surface area contributed by atoms with E-state index in [0.717, 1.165) is 4.47 Å². The van der Waals surface area contributed by atoms with Gasteiger partial charge in [-0.1, -0.05) is 6.07 Å². The molecule has 0 saturated heterocycles. The van der Waals surface area contributed by atoms with Crippen LogP contribution >= 0.6 is 15.9 Å². The van der Waals surface area contributed by atoms with Crippen molar-refractivity contribution in [2.45, 2.75) is 0 Å². The highest BCUT2D eigenvalue weighted by atomic mass is 79.9. The SMILES string of the molecule is COc1c(Br)cccc1N=C=O. The van der Waals surface area contributed by atoms with Crippen molar-refractivity contribution in [1.82, 2.24) is 0 Å². The molecule has 62 valence electrons. The van der Waals surface area contributed by atoms with Crippen molar-refractivity contribution in [3.05, 3.63) is 22.7 Å². The van der Waals surface area contributed by atoms with Gasteiger partial charge in [-0.25, -0.2) is 4.79 Å². The third-order valence-electron chi connectivity index (χ3n) is 1.32. The van der Waals surface area contributed by atoms with E-state index in [-0.39, 0.29) is 0 Å². The first kappa shape index (κ1) is 8.97. The van der Waals surface area contributed by atoms with Crippen molar-refractivity contribution in [3.63, 3.8) is 0 Å². The maximum Gasteiger partial charge on any atom is 0.240 e. The Morgan fingerprint density at radius 1 is 1.58 bits per heavy atom. The Morgan fingerprint density at radius 3 is 2.92 bits per heavy atom. The normalized spacial score (nSPS) is 8.83. The van der Waals surface area contributed by atoms with Crippen LogP contribution < -0.4 is 4.74 Å². The minimum absolute atomic E-state index is 0.474.